The van der Waals surface area contributed by atoms with E-state index in [0.717, 1.165) is 5.56 Å². The van der Waals surface area contributed by atoms with Gasteiger partial charge in [-0.05, 0) is 42.2 Å². The van der Waals surface area contributed by atoms with Crippen molar-refractivity contribution in [1.29, 1.82) is 0 Å². The van der Waals surface area contributed by atoms with Crippen molar-refractivity contribution in [2.24, 2.45) is 5.92 Å². The summed E-state index contributed by atoms with van der Waals surface area (Å²) in [7, 11) is 0. The summed E-state index contributed by atoms with van der Waals surface area (Å²) in [6.45, 7) is 1.71. The van der Waals surface area contributed by atoms with Gasteiger partial charge in [0.05, 0.1) is 0 Å². The Kier molecular flexibility index (Phi) is 7.14. The SMILES string of the molecule is CC(CCc1ccccc1F)C(=O)NCc1cccc(OCC(=O)O)c1. The predicted molar refractivity (Wildman–Crippen MR) is 95.3 cm³/mol. The van der Waals surface area contributed by atoms with E-state index in [2.05, 4.69) is 5.32 Å². The molecule has 2 aromatic rings. The lowest BCUT2D eigenvalue weighted by molar-refractivity contribution is -0.139. The van der Waals surface area contributed by atoms with Crippen LogP contribution in [0.5, 0.6) is 5.75 Å². The molecule has 1 unspecified atom stereocenters. The maximum absolute atomic E-state index is 13.6. The van der Waals surface area contributed by atoms with Crippen LogP contribution in [0.1, 0.15) is 24.5 Å². The first-order valence-electron chi connectivity index (χ1n) is 8.40. The molecule has 0 bridgehead atoms. The molecule has 0 saturated heterocycles. The van der Waals surface area contributed by atoms with Gasteiger partial charge in [-0.25, -0.2) is 9.18 Å². The number of nitrogens with one attached hydrogen (secondary N) is 1. The molecule has 0 fully saturated rings. The van der Waals surface area contributed by atoms with Gasteiger partial charge in [0, 0.05) is 12.5 Å². The maximum Gasteiger partial charge on any atom is 0.341 e. The number of carbonyl (C=O) groups excluding carboxylic acids is 1. The number of aryl methyl sites for hydroxylation is 1. The van der Waals surface area contributed by atoms with Gasteiger partial charge < -0.3 is 15.2 Å². The lowest BCUT2D eigenvalue weighted by Crippen LogP contribution is -2.29. The van der Waals surface area contributed by atoms with E-state index in [-0.39, 0.29) is 17.6 Å². The summed E-state index contributed by atoms with van der Waals surface area (Å²) in [6, 6.07) is 13.5. The third kappa shape index (κ3) is 6.20. The van der Waals surface area contributed by atoms with E-state index in [1.54, 1.807) is 36.4 Å². The molecule has 0 aliphatic heterocycles. The van der Waals surface area contributed by atoms with Crippen LogP contribution in [0.15, 0.2) is 48.5 Å². The highest BCUT2D eigenvalue weighted by Gasteiger charge is 2.13. The molecule has 2 aromatic carbocycles. The zero-order valence-electron chi connectivity index (χ0n) is 14.6. The molecule has 5 nitrogen and oxygen atoms in total. The smallest absolute Gasteiger partial charge is 0.341 e. The van der Waals surface area contributed by atoms with Crippen LogP contribution in [-0.2, 0) is 22.6 Å². The number of aliphatic carboxylic acids is 1. The monoisotopic (exact) mass is 359 g/mol. The molecule has 0 radical (unpaired) electrons. The van der Waals surface area contributed by atoms with Gasteiger partial charge in [-0.3, -0.25) is 4.79 Å². The summed E-state index contributed by atoms with van der Waals surface area (Å²) < 4.78 is 18.7. The molecule has 0 aliphatic rings. The molecule has 2 rings (SSSR count). The van der Waals surface area contributed by atoms with Crippen molar-refractivity contribution < 1.29 is 23.8 Å². The number of amides is 1. The highest BCUT2D eigenvalue weighted by Crippen LogP contribution is 2.15. The van der Waals surface area contributed by atoms with E-state index in [1.807, 2.05) is 13.0 Å². The summed E-state index contributed by atoms with van der Waals surface area (Å²) in [5.74, 6) is -1.23. The third-order valence-corrected chi connectivity index (χ3v) is 3.98. The van der Waals surface area contributed by atoms with Crippen molar-refractivity contribution in [3.8, 4) is 5.75 Å². The number of hydrogen-bond acceptors (Lipinski definition) is 3. The first-order chi connectivity index (χ1) is 12.5. The average molecular weight is 359 g/mol. The zero-order chi connectivity index (χ0) is 18.9. The minimum absolute atomic E-state index is 0.113. The van der Waals surface area contributed by atoms with Gasteiger partial charge in [0.1, 0.15) is 11.6 Å². The lowest BCUT2D eigenvalue weighted by atomic mass is 10.00. The summed E-state index contributed by atoms with van der Waals surface area (Å²) >= 11 is 0. The van der Waals surface area contributed by atoms with Crippen LogP contribution in [-0.4, -0.2) is 23.6 Å². The van der Waals surface area contributed by atoms with Gasteiger partial charge in [0.2, 0.25) is 5.91 Å². The van der Waals surface area contributed by atoms with Crippen molar-refractivity contribution in [3.05, 3.63) is 65.5 Å². The fourth-order valence-corrected chi connectivity index (χ4v) is 2.46. The van der Waals surface area contributed by atoms with Crippen LogP contribution in [0.4, 0.5) is 4.39 Å². The van der Waals surface area contributed by atoms with Gasteiger partial charge in [0.25, 0.3) is 0 Å². The maximum atomic E-state index is 13.6. The largest absolute Gasteiger partial charge is 0.482 e. The van der Waals surface area contributed by atoms with E-state index in [4.69, 9.17) is 9.84 Å². The Balaban J connectivity index is 1.81. The van der Waals surface area contributed by atoms with Crippen LogP contribution >= 0.6 is 0 Å². The summed E-state index contributed by atoms with van der Waals surface area (Å²) in [4.78, 5) is 22.7. The first kappa shape index (κ1) is 19.4. The summed E-state index contributed by atoms with van der Waals surface area (Å²) in [6.07, 6.45) is 1.05. The molecule has 0 heterocycles. The number of ether oxygens (including phenoxy) is 1. The number of hydrogen-bond donors (Lipinski definition) is 2. The average Bonchev–Trinajstić information content (AvgIpc) is 2.64. The Hall–Kier alpha value is -2.89. The molecule has 0 aromatic heterocycles. The Labute approximate surface area is 151 Å². The zero-order valence-corrected chi connectivity index (χ0v) is 14.6. The third-order valence-electron chi connectivity index (χ3n) is 3.98. The number of benzene rings is 2. The molecular weight excluding hydrogens is 337 g/mol. The van der Waals surface area contributed by atoms with Crippen LogP contribution in [0, 0.1) is 11.7 Å². The lowest BCUT2D eigenvalue weighted by Gasteiger charge is -2.13. The number of rotatable bonds is 9. The van der Waals surface area contributed by atoms with Gasteiger partial charge in [-0.15, -0.1) is 0 Å². The first-order valence-corrected chi connectivity index (χ1v) is 8.40. The van der Waals surface area contributed by atoms with Crippen LogP contribution in [0.2, 0.25) is 0 Å². The topological polar surface area (TPSA) is 75.6 Å². The van der Waals surface area contributed by atoms with Crippen LogP contribution in [0.3, 0.4) is 0 Å². The van der Waals surface area contributed by atoms with E-state index in [1.165, 1.54) is 6.07 Å². The van der Waals surface area contributed by atoms with Gasteiger partial charge >= 0.3 is 5.97 Å². The number of carboxylic acid groups (broad SMARTS) is 1. The van der Waals surface area contributed by atoms with Crippen molar-refractivity contribution in [1.82, 2.24) is 5.32 Å². The van der Waals surface area contributed by atoms with E-state index in [0.29, 0.717) is 30.7 Å². The van der Waals surface area contributed by atoms with Crippen molar-refractivity contribution in [3.63, 3.8) is 0 Å². The summed E-state index contributed by atoms with van der Waals surface area (Å²) in [5, 5.41) is 11.5. The van der Waals surface area contributed by atoms with E-state index >= 15 is 0 Å². The molecule has 2 N–H and O–H groups in total. The molecule has 6 heteroatoms. The van der Waals surface area contributed by atoms with Crippen LogP contribution in [0.25, 0.3) is 0 Å². The molecule has 1 amide bonds. The number of halogens is 1. The van der Waals surface area contributed by atoms with Gasteiger partial charge in [0.15, 0.2) is 6.61 Å². The fraction of sp³-hybridized carbons (Fsp3) is 0.300. The molecular formula is C20H22FNO4. The Morgan fingerprint density at radius 1 is 1.19 bits per heavy atom. The Morgan fingerprint density at radius 3 is 2.69 bits per heavy atom. The predicted octanol–water partition coefficient (Wildman–Crippen LogP) is 3.17. The fourth-order valence-electron chi connectivity index (χ4n) is 2.46. The van der Waals surface area contributed by atoms with Crippen LogP contribution < -0.4 is 10.1 Å². The van der Waals surface area contributed by atoms with E-state index < -0.39 is 12.6 Å². The number of carboxylic acids is 1. The highest BCUT2D eigenvalue weighted by atomic mass is 19.1. The summed E-state index contributed by atoms with van der Waals surface area (Å²) in [5.41, 5.74) is 1.41. The molecule has 0 aliphatic carbocycles. The number of carbonyl (C=O) groups is 2. The standard InChI is InChI=1S/C20H22FNO4/c1-14(9-10-16-6-2-3-8-18(16)21)20(25)22-12-15-5-4-7-17(11-15)26-13-19(23)24/h2-8,11,14H,9-10,12-13H2,1H3,(H,22,25)(H,23,24). The quantitative estimate of drug-likeness (QED) is 0.721. The normalized spacial score (nSPS) is 11.6. The Morgan fingerprint density at radius 2 is 1.96 bits per heavy atom. The van der Waals surface area contributed by atoms with Gasteiger partial charge in [-0.2, -0.15) is 0 Å². The molecule has 26 heavy (non-hydrogen) atoms. The second kappa shape index (κ2) is 9.56. The molecule has 1 atom stereocenters. The second-order valence-electron chi connectivity index (χ2n) is 6.08. The molecule has 138 valence electrons. The second-order valence-corrected chi connectivity index (χ2v) is 6.08. The van der Waals surface area contributed by atoms with Crippen molar-refractivity contribution >= 4 is 11.9 Å². The van der Waals surface area contributed by atoms with E-state index in [9.17, 15) is 14.0 Å². The van der Waals surface area contributed by atoms with Crippen molar-refractivity contribution in [2.45, 2.75) is 26.3 Å². The minimum atomic E-state index is -1.05. The highest BCUT2D eigenvalue weighted by molar-refractivity contribution is 5.78. The van der Waals surface area contributed by atoms with Crippen molar-refractivity contribution in [2.75, 3.05) is 6.61 Å². The Bertz CT molecular complexity index is 763. The van der Waals surface area contributed by atoms with Gasteiger partial charge in [-0.1, -0.05) is 37.3 Å². The minimum Gasteiger partial charge on any atom is -0.482 e. The molecule has 0 saturated carbocycles. The molecule has 0 spiro atoms.